The molecule has 2 rings (SSSR count). The molecule has 1 atom stereocenters. The van der Waals surface area contributed by atoms with Crippen LogP contribution in [0.3, 0.4) is 0 Å². The van der Waals surface area contributed by atoms with Gasteiger partial charge < -0.3 is 10.7 Å². The van der Waals surface area contributed by atoms with Crippen molar-refractivity contribution < 1.29 is 9.63 Å². The topological polar surface area (TPSA) is 80.1 Å². The molecular formula is C12H15N3O2. The highest BCUT2D eigenvalue weighted by Gasteiger charge is 2.09. The minimum Gasteiger partial charge on any atom is -0.350 e. The largest absolute Gasteiger partial charge is 0.350 e. The highest BCUT2D eigenvalue weighted by atomic mass is 16.7. The summed E-state index contributed by atoms with van der Waals surface area (Å²) in [6.07, 6.45) is 0. The number of carbonyl (C=O) groups is 1. The van der Waals surface area contributed by atoms with Crippen LogP contribution in [0.15, 0.2) is 30.3 Å². The Morgan fingerprint density at radius 2 is 2.29 bits per heavy atom. The molecule has 5 heteroatoms. The van der Waals surface area contributed by atoms with Crippen molar-refractivity contribution in [2.75, 3.05) is 6.61 Å². The number of para-hydroxylation sites is 1. The monoisotopic (exact) mass is 233 g/mol. The molecule has 1 amide bonds. The third kappa shape index (κ3) is 2.83. The van der Waals surface area contributed by atoms with Crippen LogP contribution in [0.4, 0.5) is 0 Å². The Bertz CT molecular complexity index is 486. The molecule has 4 N–H and O–H groups in total. The number of hydrogen-bond acceptors (Lipinski definition) is 3. The molecule has 0 saturated heterocycles. The quantitative estimate of drug-likeness (QED) is 0.693. The van der Waals surface area contributed by atoms with Gasteiger partial charge in [0.05, 0.1) is 6.61 Å². The summed E-state index contributed by atoms with van der Waals surface area (Å²) in [6.45, 7) is 2.08. The lowest BCUT2D eigenvalue weighted by molar-refractivity contribution is 0.0272. The number of nitrogens with two attached hydrogens (primary N) is 1. The summed E-state index contributed by atoms with van der Waals surface area (Å²) in [4.78, 5) is 19.7. The highest BCUT2D eigenvalue weighted by molar-refractivity contribution is 5.97. The normalized spacial score (nSPS) is 12.6. The zero-order valence-corrected chi connectivity index (χ0v) is 9.57. The molecule has 2 aromatic rings. The summed E-state index contributed by atoms with van der Waals surface area (Å²) in [6, 6.07) is 9.34. The summed E-state index contributed by atoms with van der Waals surface area (Å²) in [7, 11) is 0. The fourth-order valence-electron chi connectivity index (χ4n) is 1.49. The van der Waals surface area contributed by atoms with E-state index in [2.05, 4.69) is 10.5 Å². The molecule has 0 aliphatic rings. The van der Waals surface area contributed by atoms with Crippen molar-refractivity contribution in [3.05, 3.63) is 36.0 Å². The Morgan fingerprint density at radius 1 is 1.53 bits per heavy atom. The molecule has 0 aliphatic carbocycles. The minimum atomic E-state index is -0.304. The minimum absolute atomic E-state index is 0.113. The third-order valence-electron chi connectivity index (χ3n) is 2.29. The number of hydrogen-bond donors (Lipinski definition) is 3. The number of benzene rings is 1. The smallest absolute Gasteiger partial charge is 0.291 e. The Morgan fingerprint density at radius 3 is 3.00 bits per heavy atom. The van der Waals surface area contributed by atoms with Crippen LogP contribution in [-0.4, -0.2) is 23.5 Å². The van der Waals surface area contributed by atoms with E-state index in [1.165, 1.54) is 0 Å². The zero-order valence-electron chi connectivity index (χ0n) is 9.57. The number of aromatic nitrogens is 1. The standard InChI is InChI=1S/C12H15N3O2/c1-8(13)7-17-15-12(16)11-6-9-4-2-3-5-10(9)14-11/h2-6,8,14H,7,13H2,1H3,(H,15,16). The van der Waals surface area contributed by atoms with Gasteiger partial charge in [0.25, 0.3) is 5.91 Å². The number of carbonyl (C=O) groups excluding carboxylic acids is 1. The second kappa shape index (κ2) is 4.99. The van der Waals surface area contributed by atoms with E-state index >= 15 is 0 Å². The molecule has 0 radical (unpaired) electrons. The predicted octanol–water partition coefficient (Wildman–Crippen LogP) is 1.18. The maximum Gasteiger partial charge on any atom is 0.291 e. The van der Waals surface area contributed by atoms with Gasteiger partial charge in [-0.2, -0.15) is 0 Å². The number of H-pyrrole nitrogens is 1. The van der Waals surface area contributed by atoms with Crippen molar-refractivity contribution in [2.45, 2.75) is 13.0 Å². The summed E-state index contributed by atoms with van der Waals surface area (Å²) in [5.74, 6) is -0.304. The average Bonchev–Trinajstić information content (AvgIpc) is 2.71. The van der Waals surface area contributed by atoms with E-state index in [9.17, 15) is 4.79 Å². The van der Waals surface area contributed by atoms with Crippen molar-refractivity contribution in [1.29, 1.82) is 0 Å². The molecule has 0 spiro atoms. The molecular weight excluding hydrogens is 218 g/mol. The van der Waals surface area contributed by atoms with Crippen molar-refractivity contribution in [2.24, 2.45) is 5.73 Å². The van der Waals surface area contributed by atoms with Crippen LogP contribution in [-0.2, 0) is 4.84 Å². The van der Waals surface area contributed by atoms with Gasteiger partial charge in [-0.3, -0.25) is 9.63 Å². The lowest BCUT2D eigenvalue weighted by atomic mass is 10.2. The van der Waals surface area contributed by atoms with Crippen molar-refractivity contribution in [1.82, 2.24) is 10.5 Å². The summed E-state index contributed by atoms with van der Waals surface area (Å²) < 4.78 is 0. The number of aromatic amines is 1. The van der Waals surface area contributed by atoms with Gasteiger partial charge in [0.1, 0.15) is 5.69 Å². The summed E-state index contributed by atoms with van der Waals surface area (Å²) in [5, 5.41) is 0.991. The molecule has 90 valence electrons. The summed E-state index contributed by atoms with van der Waals surface area (Å²) in [5.41, 5.74) is 9.23. The molecule has 1 heterocycles. The number of nitrogens with one attached hydrogen (secondary N) is 2. The van der Waals surface area contributed by atoms with E-state index in [1.807, 2.05) is 24.3 Å². The molecule has 1 aromatic carbocycles. The Hall–Kier alpha value is -1.85. The van der Waals surface area contributed by atoms with Crippen molar-refractivity contribution >= 4 is 16.8 Å². The maximum absolute atomic E-state index is 11.7. The van der Waals surface area contributed by atoms with Crippen LogP contribution in [0, 0.1) is 0 Å². The van der Waals surface area contributed by atoms with Crippen molar-refractivity contribution in [3.63, 3.8) is 0 Å². The van der Waals surface area contributed by atoms with Crippen molar-refractivity contribution in [3.8, 4) is 0 Å². The number of hydroxylamine groups is 1. The Kier molecular flexibility index (Phi) is 3.41. The van der Waals surface area contributed by atoms with Gasteiger partial charge >= 0.3 is 0 Å². The van der Waals surface area contributed by atoms with Gasteiger partial charge in [-0.1, -0.05) is 18.2 Å². The van der Waals surface area contributed by atoms with Crippen LogP contribution in [0.2, 0.25) is 0 Å². The average molecular weight is 233 g/mol. The lowest BCUT2D eigenvalue weighted by Gasteiger charge is -2.06. The van der Waals surface area contributed by atoms with Gasteiger partial charge in [-0.05, 0) is 19.1 Å². The first-order valence-electron chi connectivity index (χ1n) is 5.42. The van der Waals surface area contributed by atoms with E-state index in [0.29, 0.717) is 5.69 Å². The zero-order chi connectivity index (χ0) is 12.3. The van der Waals surface area contributed by atoms with E-state index in [1.54, 1.807) is 13.0 Å². The number of fused-ring (bicyclic) bond motifs is 1. The first kappa shape index (κ1) is 11.6. The molecule has 0 aliphatic heterocycles. The second-order valence-electron chi connectivity index (χ2n) is 3.99. The van der Waals surface area contributed by atoms with E-state index < -0.39 is 0 Å². The second-order valence-corrected chi connectivity index (χ2v) is 3.99. The fraction of sp³-hybridized carbons (Fsp3) is 0.250. The molecule has 17 heavy (non-hydrogen) atoms. The van der Waals surface area contributed by atoms with Crippen LogP contribution >= 0.6 is 0 Å². The molecule has 0 bridgehead atoms. The van der Waals surface area contributed by atoms with Crippen LogP contribution in [0.5, 0.6) is 0 Å². The Balaban J connectivity index is 2.04. The Labute approximate surface area is 98.9 Å². The van der Waals surface area contributed by atoms with Crippen LogP contribution in [0.1, 0.15) is 17.4 Å². The van der Waals surface area contributed by atoms with E-state index in [4.69, 9.17) is 10.6 Å². The number of rotatable bonds is 4. The number of amides is 1. The van der Waals surface area contributed by atoms with Gasteiger partial charge in [0.15, 0.2) is 0 Å². The lowest BCUT2D eigenvalue weighted by Crippen LogP contribution is -2.31. The first-order chi connectivity index (χ1) is 8.16. The van der Waals surface area contributed by atoms with Gasteiger partial charge in [0, 0.05) is 16.9 Å². The first-order valence-corrected chi connectivity index (χ1v) is 5.42. The predicted molar refractivity (Wildman–Crippen MR) is 65.4 cm³/mol. The van der Waals surface area contributed by atoms with Crippen LogP contribution in [0.25, 0.3) is 10.9 Å². The SMILES string of the molecule is CC(N)CONC(=O)c1cc2ccccc2[nH]1. The molecule has 1 aromatic heterocycles. The molecule has 0 fully saturated rings. The fourth-order valence-corrected chi connectivity index (χ4v) is 1.49. The maximum atomic E-state index is 11.7. The molecule has 5 nitrogen and oxygen atoms in total. The van der Waals surface area contributed by atoms with Gasteiger partial charge in [0.2, 0.25) is 0 Å². The van der Waals surface area contributed by atoms with E-state index in [0.717, 1.165) is 10.9 Å². The molecule has 1 unspecified atom stereocenters. The van der Waals surface area contributed by atoms with Crippen LogP contribution < -0.4 is 11.2 Å². The third-order valence-corrected chi connectivity index (χ3v) is 2.29. The van der Waals surface area contributed by atoms with Gasteiger partial charge in [-0.25, -0.2) is 5.48 Å². The summed E-state index contributed by atoms with van der Waals surface area (Å²) >= 11 is 0. The van der Waals surface area contributed by atoms with E-state index in [-0.39, 0.29) is 18.6 Å². The molecule has 0 saturated carbocycles. The highest BCUT2D eigenvalue weighted by Crippen LogP contribution is 2.14. The van der Waals surface area contributed by atoms with Gasteiger partial charge in [-0.15, -0.1) is 0 Å².